The summed E-state index contributed by atoms with van der Waals surface area (Å²) in [6, 6.07) is 11.8. The molecule has 9 heteroatoms. The minimum absolute atomic E-state index is 0.148. The largest absolute Gasteiger partial charge is 0.478 e. The van der Waals surface area contributed by atoms with Gasteiger partial charge in [-0.1, -0.05) is 41.4 Å². The number of ether oxygens (including phenoxy) is 1. The second kappa shape index (κ2) is 7.96. The van der Waals surface area contributed by atoms with E-state index in [0.717, 1.165) is 11.8 Å². The highest BCUT2D eigenvalue weighted by Gasteiger charge is 2.30. The number of nitrogens with one attached hydrogen (secondary N) is 1. The number of carbonyl (C=O) groups is 1. The van der Waals surface area contributed by atoms with Crippen LogP contribution in [0.3, 0.4) is 0 Å². The van der Waals surface area contributed by atoms with Gasteiger partial charge in [-0.05, 0) is 29.8 Å². The Kier molecular flexibility index (Phi) is 5.83. The molecule has 1 atom stereocenters. The Hall–Kier alpha value is -1.96. The first-order chi connectivity index (χ1) is 12.8. The highest BCUT2D eigenvalue weighted by molar-refractivity contribution is 7.92. The number of rotatable bonds is 4. The van der Waals surface area contributed by atoms with Crippen LogP contribution in [0, 0.1) is 0 Å². The average molecular weight is 429 g/mol. The summed E-state index contributed by atoms with van der Waals surface area (Å²) in [5, 5.41) is 3.75. The Bertz CT molecular complexity index is 966. The fourth-order valence-electron chi connectivity index (χ4n) is 2.82. The molecule has 0 aromatic heterocycles. The molecule has 1 aliphatic rings. The van der Waals surface area contributed by atoms with E-state index in [1.807, 2.05) is 0 Å². The molecule has 2 aromatic rings. The van der Waals surface area contributed by atoms with Gasteiger partial charge in [0, 0.05) is 29.6 Å². The zero-order valence-corrected chi connectivity index (χ0v) is 16.8. The van der Waals surface area contributed by atoms with Gasteiger partial charge in [0.2, 0.25) is 10.0 Å². The summed E-state index contributed by atoms with van der Waals surface area (Å²) in [6.07, 6.45) is 0.540. The maximum absolute atomic E-state index is 12.6. The van der Waals surface area contributed by atoms with Crippen LogP contribution in [0.5, 0.6) is 5.75 Å². The van der Waals surface area contributed by atoms with Crippen molar-refractivity contribution < 1.29 is 17.9 Å². The van der Waals surface area contributed by atoms with Gasteiger partial charge in [0.1, 0.15) is 5.75 Å². The summed E-state index contributed by atoms with van der Waals surface area (Å²) in [6.45, 7) is 0.363. The third-order valence-corrected chi connectivity index (χ3v) is 5.93. The normalized spacial score (nSPS) is 16.9. The Morgan fingerprint density at radius 2 is 2.00 bits per heavy atom. The number of fused-ring (bicyclic) bond motifs is 1. The van der Waals surface area contributed by atoms with Gasteiger partial charge in [-0.3, -0.25) is 9.10 Å². The molecule has 144 valence electrons. The number of benzene rings is 2. The molecule has 3 rings (SSSR count). The standard InChI is InChI=1S/C18H18Cl2N2O4S/c1-27(24,25)22-9-8-17(26-16-5-3-2-4-15(16)22)18(23)21-11-12-6-7-13(19)10-14(12)20/h2-7,10,17H,8-9,11H2,1H3,(H,21,23)/t17-/m1/s1. The predicted octanol–water partition coefficient (Wildman–Crippen LogP) is 3.23. The third kappa shape index (κ3) is 4.66. The van der Waals surface area contributed by atoms with Crippen LogP contribution in [0.1, 0.15) is 12.0 Å². The van der Waals surface area contributed by atoms with Crippen LogP contribution in [-0.2, 0) is 21.4 Å². The average Bonchev–Trinajstić information content (AvgIpc) is 2.80. The Morgan fingerprint density at radius 1 is 1.26 bits per heavy atom. The van der Waals surface area contributed by atoms with Crippen LogP contribution < -0.4 is 14.4 Å². The van der Waals surface area contributed by atoms with Crippen molar-refractivity contribution >= 4 is 44.8 Å². The summed E-state index contributed by atoms with van der Waals surface area (Å²) in [7, 11) is -3.49. The van der Waals surface area contributed by atoms with Gasteiger partial charge >= 0.3 is 0 Å². The molecular formula is C18H18Cl2N2O4S. The molecule has 27 heavy (non-hydrogen) atoms. The molecule has 0 fully saturated rings. The molecule has 0 radical (unpaired) electrons. The fourth-order valence-corrected chi connectivity index (χ4v) is 4.24. The topological polar surface area (TPSA) is 75.7 Å². The number of hydrogen-bond acceptors (Lipinski definition) is 4. The van der Waals surface area contributed by atoms with Gasteiger partial charge in [0.15, 0.2) is 6.10 Å². The van der Waals surface area contributed by atoms with E-state index in [4.69, 9.17) is 27.9 Å². The number of amides is 1. The quantitative estimate of drug-likeness (QED) is 0.810. The highest BCUT2D eigenvalue weighted by Crippen LogP contribution is 2.33. The second-order valence-corrected chi connectivity index (χ2v) is 8.90. The van der Waals surface area contributed by atoms with E-state index in [1.54, 1.807) is 42.5 Å². The lowest BCUT2D eigenvalue weighted by molar-refractivity contribution is -0.128. The third-order valence-electron chi connectivity index (χ3n) is 4.16. The lowest BCUT2D eigenvalue weighted by Crippen LogP contribution is -2.39. The maximum Gasteiger partial charge on any atom is 0.261 e. The summed E-state index contributed by atoms with van der Waals surface area (Å²) < 4.78 is 31.3. The van der Waals surface area contributed by atoms with Crippen LogP contribution in [-0.4, -0.2) is 33.2 Å². The van der Waals surface area contributed by atoms with Gasteiger partial charge in [-0.2, -0.15) is 0 Å². The first-order valence-corrected chi connectivity index (χ1v) is 10.8. The molecule has 0 unspecified atom stereocenters. The van der Waals surface area contributed by atoms with Crippen molar-refractivity contribution in [2.75, 3.05) is 17.1 Å². The second-order valence-electron chi connectivity index (χ2n) is 6.15. The molecule has 1 amide bonds. The zero-order chi connectivity index (χ0) is 19.6. The SMILES string of the molecule is CS(=O)(=O)N1CC[C@H](C(=O)NCc2ccc(Cl)cc2Cl)Oc2ccccc21. The van der Waals surface area contributed by atoms with E-state index in [-0.39, 0.29) is 25.4 Å². The van der Waals surface area contributed by atoms with Gasteiger partial charge in [-0.25, -0.2) is 8.42 Å². The lowest BCUT2D eigenvalue weighted by Gasteiger charge is -2.20. The summed E-state index contributed by atoms with van der Waals surface area (Å²) in [5.41, 5.74) is 1.15. The number of nitrogens with zero attached hydrogens (tertiary/aromatic N) is 1. The van der Waals surface area contributed by atoms with E-state index < -0.39 is 16.1 Å². The predicted molar refractivity (Wildman–Crippen MR) is 106 cm³/mol. The summed E-state index contributed by atoms with van der Waals surface area (Å²) in [5.74, 6) is 0.0104. The van der Waals surface area contributed by atoms with Crippen molar-refractivity contribution in [2.45, 2.75) is 19.1 Å². The molecule has 0 spiro atoms. The summed E-state index contributed by atoms with van der Waals surface area (Å²) in [4.78, 5) is 12.6. The molecule has 0 aliphatic carbocycles. The number of halogens is 2. The van der Waals surface area contributed by atoms with Crippen LogP contribution in [0.15, 0.2) is 42.5 Å². The Balaban J connectivity index is 1.75. The first-order valence-electron chi connectivity index (χ1n) is 8.21. The lowest BCUT2D eigenvalue weighted by atomic mass is 10.2. The maximum atomic E-state index is 12.6. The molecule has 1 N–H and O–H groups in total. The molecular weight excluding hydrogens is 411 g/mol. The molecule has 0 saturated carbocycles. The first kappa shape index (κ1) is 19.8. The van der Waals surface area contributed by atoms with Gasteiger partial charge in [-0.15, -0.1) is 0 Å². The van der Waals surface area contributed by atoms with Crippen molar-refractivity contribution in [3.05, 3.63) is 58.1 Å². The number of para-hydroxylation sites is 2. The van der Waals surface area contributed by atoms with Crippen LogP contribution >= 0.6 is 23.2 Å². The Morgan fingerprint density at radius 3 is 2.70 bits per heavy atom. The Labute approximate surface area is 168 Å². The van der Waals surface area contributed by atoms with Crippen LogP contribution in [0.2, 0.25) is 10.0 Å². The smallest absolute Gasteiger partial charge is 0.261 e. The van der Waals surface area contributed by atoms with Gasteiger partial charge < -0.3 is 10.1 Å². The van der Waals surface area contributed by atoms with Crippen LogP contribution in [0.4, 0.5) is 5.69 Å². The molecule has 0 bridgehead atoms. The molecule has 2 aromatic carbocycles. The fraction of sp³-hybridized carbons (Fsp3) is 0.278. The van der Waals surface area contributed by atoms with Crippen molar-refractivity contribution in [2.24, 2.45) is 0 Å². The number of anilines is 1. The minimum atomic E-state index is -3.49. The number of carbonyl (C=O) groups excluding carboxylic acids is 1. The van der Waals surface area contributed by atoms with Crippen molar-refractivity contribution in [3.63, 3.8) is 0 Å². The van der Waals surface area contributed by atoms with E-state index in [1.165, 1.54) is 4.31 Å². The van der Waals surface area contributed by atoms with E-state index in [9.17, 15) is 13.2 Å². The van der Waals surface area contributed by atoms with Crippen molar-refractivity contribution in [3.8, 4) is 5.75 Å². The van der Waals surface area contributed by atoms with Gasteiger partial charge in [0.05, 0.1) is 11.9 Å². The van der Waals surface area contributed by atoms with E-state index >= 15 is 0 Å². The van der Waals surface area contributed by atoms with Crippen LogP contribution in [0.25, 0.3) is 0 Å². The van der Waals surface area contributed by atoms with E-state index in [2.05, 4.69) is 5.32 Å². The van der Waals surface area contributed by atoms with Gasteiger partial charge in [0.25, 0.3) is 5.91 Å². The number of sulfonamides is 1. The van der Waals surface area contributed by atoms with E-state index in [0.29, 0.717) is 21.5 Å². The molecule has 1 heterocycles. The number of hydrogen-bond donors (Lipinski definition) is 1. The van der Waals surface area contributed by atoms with Crippen molar-refractivity contribution in [1.82, 2.24) is 5.32 Å². The minimum Gasteiger partial charge on any atom is -0.478 e. The highest BCUT2D eigenvalue weighted by atomic mass is 35.5. The molecule has 1 aliphatic heterocycles. The van der Waals surface area contributed by atoms with Crippen molar-refractivity contribution in [1.29, 1.82) is 0 Å². The molecule has 6 nitrogen and oxygen atoms in total. The summed E-state index contributed by atoms with van der Waals surface area (Å²) >= 11 is 12.0. The molecule has 0 saturated heterocycles. The zero-order valence-electron chi connectivity index (χ0n) is 14.5. The monoisotopic (exact) mass is 428 g/mol.